The van der Waals surface area contributed by atoms with Gasteiger partial charge in [0, 0.05) is 16.4 Å². The van der Waals surface area contributed by atoms with Gasteiger partial charge >= 0.3 is 5.97 Å². The Morgan fingerprint density at radius 1 is 1.20 bits per heavy atom. The minimum atomic E-state index is -1.05. The number of carboxylic acid groups (broad SMARTS) is 1. The molecular weight excluding hydrogens is 320 g/mol. The van der Waals surface area contributed by atoms with E-state index in [0.29, 0.717) is 28.2 Å². The maximum Gasteiger partial charge on any atom is 0.341 e. The van der Waals surface area contributed by atoms with Crippen LogP contribution in [0.15, 0.2) is 46.9 Å². The fourth-order valence-electron chi connectivity index (χ4n) is 3.44. The third kappa shape index (κ3) is 2.23. The average molecular weight is 336 g/mol. The monoisotopic (exact) mass is 336 g/mol. The van der Waals surface area contributed by atoms with Crippen molar-refractivity contribution < 1.29 is 23.8 Å². The number of benzene rings is 2. The number of aliphatic carboxylic acids is 1. The molecule has 0 bridgehead atoms. The molecule has 0 fully saturated rings. The molecule has 1 aliphatic carbocycles. The molecule has 0 atom stereocenters. The normalized spacial score (nSPS) is 14.9. The van der Waals surface area contributed by atoms with Crippen LogP contribution < -0.4 is 4.74 Å². The molecule has 0 spiro atoms. The second-order valence-electron chi connectivity index (χ2n) is 6.65. The van der Waals surface area contributed by atoms with E-state index in [4.69, 9.17) is 14.3 Å². The number of ether oxygens (including phenoxy) is 1. The summed E-state index contributed by atoms with van der Waals surface area (Å²) in [5, 5.41) is 9.59. The molecule has 0 aliphatic heterocycles. The lowest BCUT2D eigenvalue weighted by atomic mass is 9.72. The number of hydrogen-bond acceptors (Lipinski definition) is 4. The highest BCUT2D eigenvalue weighted by atomic mass is 16.5. The third-order valence-electron chi connectivity index (χ3n) is 4.66. The van der Waals surface area contributed by atoms with Crippen LogP contribution in [0.25, 0.3) is 11.0 Å². The van der Waals surface area contributed by atoms with Crippen molar-refractivity contribution in [2.45, 2.75) is 19.3 Å². The van der Waals surface area contributed by atoms with Gasteiger partial charge in [0.25, 0.3) is 0 Å². The first-order chi connectivity index (χ1) is 11.9. The molecular formula is C20H16O5. The van der Waals surface area contributed by atoms with Crippen LogP contribution in [-0.4, -0.2) is 23.5 Å². The number of hydrogen-bond donors (Lipinski definition) is 1. The van der Waals surface area contributed by atoms with E-state index in [1.807, 2.05) is 38.1 Å². The summed E-state index contributed by atoms with van der Waals surface area (Å²) in [6, 6.07) is 12.6. The van der Waals surface area contributed by atoms with Gasteiger partial charge in [-0.05, 0) is 43.7 Å². The van der Waals surface area contributed by atoms with Crippen LogP contribution in [-0.2, 0) is 10.2 Å². The fourth-order valence-corrected chi connectivity index (χ4v) is 3.44. The summed E-state index contributed by atoms with van der Waals surface area (Å²) >= 11 is 0. The molecule has 4 rings (SSSR count). The van der Waals surface area contributed by atoms with E-state index in [0.717, 1.165) is 10.9 Å². The van der Waals surface area contributed by atoms with Crippen LogP contribution in [0.5, 0.6) is 5.75 Å². The van der Waals surface area contributed by atoms with E-state index in [1.165, 1.54) is 0 Å². The molecule has 25 heavy (non-hydrogen) atoms. The SMILES string of the molecule is CC1(C)c2cc(OCC(=O)O)ccc2C(=O)c2c1oc1ccccc21. The number of carboxylic acids is 1. The standard InChI is InChI=1S/C20H16O5/c1-20(2)14-9-11(24-10-16(21)22)7-8-12(14)18(23)17-13-5-3-4-6-15(13)25-19(17)20/h3-9H,10H2,1-2H3,(H,21,22). The topological polar surface area (TPSA) is 76.7 Å². The number of fused-ring (bicyclic) bond motifs is 4. The second-order valence-corrected chi connectivity index (χ2v) is 6.65. The number of carbonyl (C=O) groups excluding carboxylic acids is 1. The van der Waals surface area contributed by atoms with Crippen LogP contribution in [0.3, 0.4) is 0 Å². The van der Waals surface area contributed by atoms with Crippen LogP contribution in [0.2, 0.25) is 0 Å². The lowest BCUT2D eigenvalue weighted by molar-refractivity contribution is -0.139. The maximum atomic E-state index is 13.1. The summed E-state index contributed by atoms with van der Waals surface area (Å²) in [7, 11) is 0. The minimum Gasteiger partial charge on any atom is -0.482 e. The summed E-state index contributed by atoms with van der Waals surface area (Å²) in [4.78, 5) is 23.8. The molecule has 1 heterocycles. The zero-order valence-electron chi connectivity index (χ0n) is 13.8. The first kappa shape index (κ1) is 15.4. The zero-order chi connectivity index (χ0) is 17.8. The van der Waals surface area contributed by atoms with E-state index in [-0.39, 0.29) is 5.78 Å². The summed E-state index contributed by atoms with van der Waals surface area (Å²) in [5.74, 6) is -0.0881. The largest absolute Gasteiger partial charge is 0.482 e. The van der Waals surface area contributed by atoms with E-state index in [9.17, 15) is 9.59 Å². The number of carbonyl (C=O) groups is 2. The number of para-hydroxylation sites is 1. The van der Waals surface area contributed by atoms with Crippen molar-refractivity contribution in [2.24, 2.45) is 0 Å². The molecule has 1 aliphatic rings. The minimum absolute atomic E-state index is 0.0842. The van der Waals surface area contributed by atoms with Gasteiger partial charge in [-0.1, -0.05) is 18.2 Å². The number of furan rings is 1. The van der Waals surface area contributed by atoms with E-state index in [1.54, 1.807) is 18.2 Å². The van der Waals surface area contributed by atoms with Crippen molar-refractivity contribution in [1.29, 1.82) is 0 Å². The molecule has 0 amide bonds. The lowest BCUT2D eigenvalue weighted by Gasteiger charge is -2.30. The molecule has 0 radical (unpaired) electrons. The molecule has 0 saturated carbocycles. The molecule has 0 unspecified atom stereocenters. The van der Waals surface area contributed by atoms with E-state index >= 15 is 0 Å². The van der Waals surface area contributed by atoms with Gasteiger partial charge in [-0.25, -0.2) is 4.79 Å². The Morgan fingerprint density at radius 2 is 1.96 bits per heavy atom. The van der Waals surface area contributed by atoms with Crippen molar-refractivity contribution in [2.75, 3.05) is 6.61 Å². The molecule has 5 heteroatoms. The highest BCUT2D eigenvalue weighted by Crippen LogP contribution is 2.46. The van der Waals surface area contributed by atoms with Crippen molar-refractivity contribution in [3.05, 3.63) is 64.9 Å². The Balaban J connectivity index is 1.89. The summed E-state index contributed by atoms with van der Waals surface area (Å²) in [6.45, 7) is 3.55. The van der Waals surface area contributed by atoms with Gasteiger partial charge in [-0.15, -0.1) is 0 Å². The van der Waals surface area contributed by atoms with Crippen LogP contribution in [0.4, 0.5) is 0 Å². The molecule has 1 N–H and O–H groups in total. The Labute approximate surface area is 143 Å². The fraction of sp³-hybridized carbons (Fsp3) is 0.200. The zero-order valence-corrected chi connectivity index (χ0v) is 13.8. The maximum absolute atomic E-state index is 13.1. The van der Waals surface area contributed by atoms with Gasteiger partial charge in [0.2, 0.25) is 0 Å². The van der Waals surface area contributed by atoms with Gasteiger partial charge in [0.15, 0.2) is 12.4 Å². The Morgan fingerprint density at radius 3 is 2.72 bits per heavy atom. The van der Waals surface area contributed by atoms with Gasteiger partial charge in [-0.3, -0.25) is 4.79 Å². The van der Waals surface area contributed by atoms with Gasteiger partial charge in [0.05, 0.1) is 5.56 Å². The van der Waals surface area contributed by atoms with Gasteiger partial charge < -0.3 is 14.3 Å². The molecule has 126 valence electrons. The highest BCUT2D eigenvalue weighted by molar-refractivity contribution is 6.19. The van der Waals surface area contributed by atoms with Gasteiger partial charge in [-0.2, -0.15) is 0 Å². The molecule has 2 aromatic carbocycles. The average Bonchev–Trinajstić information content (AvgIpc) is 2.99. The summed E-state index contributed by atoms with van der Waals surface area (Å²) < 4.78 is 11.3. The Hall–Kier alpha value is -3.08. The van der Waals surface area contributed by atoms with Crippen molar-refractivity contribution in [3.8, 4) is 5.75 Å². The molecule has 3 aromatic rings. The third-order valence-corrected chi connectivity index (χ3v) is 4.66. The lowest BCUT2D eigenvalue weighted by Crippen LogP contribution is -2.29. The highest BCUT2D eigenvalue weighted by Gasteiger charge is 2.41. The Bertz CT molecular complexity index is 1030. The molecule has 5 nitrogen and oxygen atoms in total. The second kappa shape index (κ2) is 5.21. The summed E-state index contributed by atoms with van der Waals surface area (Å²) in [6.07, 6.45) is 0. The van der Waals surface area contributed by atoms with Crippen molar-refractivity contribution in [3.63, 3.8) is 0 Å². The first-order valence-corrected chi connectivity index (χ1v) is 7.95. The van der Waals surface area contributed by atoms with E-state index in [2.05, 4.69) is 0 Å². The quantitative estimate of drug-likeness (QED) is 0.788. The number of rotatable bonds is 3. The first-order valence-electron chi connectivity index (χ1n) is 7.95. The molecule has 1 aromatic heterocycles. The van der Waals surface area contributed by atoms with Crippen LogP contribution in [0, 0.1) is 0 Å². The molecule has 0 saturated heterocycles. The van der Waals surface area contributed by atoms with Gasteiger partial charge in [0.1, 0.15) is 17.1 Å². The predicted octanol–water partition coefficient (Wildman–Crippen LogP) is 3.77. The van der Waals surface area contributed by atoms with E-state index < -0.39 is 18.0 Å². The predicted molar refractivity (Wildman–Crippen MR) is 91.3 cm³/mol. The van der Waals surface area contributed by atoms with Crippen molar-refractivity contribution >= 4 is 22.7 Å². The van der Waals surface area contributed by atoms with Crippen molar-refractivity contribution in [1.82, 2.24) is 0 Å². The Kier molecular flexibility index (Phi) is 3.22. The smallest absolute Gasteiger partial charge is 0.341 e. The van der Waals surface area contributed by atoms with Crippen LogP contribution >= 0.6 is 0 Å². The van der Waals surface area contributed by atoms with Crippen LogP contribution in [0.1, 0.15) is 41.1 Å². The summed E-state index contributed by atoms with van der Waals surface area (Å²) in [5.41, 5.74) is 2.11. The number of ketones is 1.